The van der Waals surface area contributed by atoms with Crippen LogP contribution in [0.2, 0.25) is 0 Å². The minimum absolute atomic E-state index is 0.174. The Morgan fingerprint density at radius 2 is 2.05 bits per heavy atom. The van der Waals surface area contributed by atoms with E-state index in [2.05, 4.69) is 20.9 Å². The van der Waals surface area contributed by atoms with Gasteiger partial charge in [0.05, 0.1) is 6.54 Å². The Bertz CT molecular complexity index is 468. The molecule has 2 N–H and O–H groups in total. The Hall–Kier alpha value is -1.47. The number of rotatable bonds is 2. The van der Waals surface area contributed by atoms with Crippen molar-refractivity contribution in [1.29, 1.82) is 0 Å². The minimum atomic E-state index is -0.794. The van der Waals surface area contributed by atoms with E-state index in [0.717, 1.165) is 9.37 Å². The molecule has 1 aromatic rings. The molecule has 7 heteroatoms. The van der Waals surface area contributed by atoms with Gasteiger partial charge in [0, 0.05) is 10.7 Å². The van der Waals surface area contributed by atoms with E-state index in [1.165, 1.54) is 12.3 Å². The second kappa shape index (κ2) is 6.12. The van der Waals surface area contributed by atoms with E-state index in [1.807, 2.05) is 0 Å². The molecule has 0 unspecified atom stereocenters. The molecule has 0 spiro atoms. The van der Waals surface area contributed by atoms with E-state index in [1.54, 1.807) is 26.8 Å². The number of carbonyl (C=O) groups excluding carboxylic acids is 2. The van der Waals surface area contributed by atoms with Gasteiger partial charge in [-0.2, -0.15) is 4.90 Å². The van der Waals surface area contributed by atoms with E-state index in [9.17, 15) is 9.59 Å². The van der Waals surface area contributed by atoms with Crippen molar-refractivity contribution in [3.05, 3.63) is 22.8 Å². The molecule has 0 bridgehead atoms. The summed E-state index contributed by atoms with van der Waals surface area (Å²) in [6, 6.07) is 3.20. The van der Waals surface area contributed by atoms with Gasteiger partial charge < -0.3 is 10.5 Å². The predicted molar refractivity (Wildman–Crippen MR) is 74.7 cm³/mol. The van der Waals surface area contributed by atoms with Crippen LogP contribution in [-0.4, -0.2) is 29.1 Å². The number of nitrogens with zero attached hydrogens (tertiary/aromatic N) is 2. The smallest absolute Gasteiger partial charge is 0.423 e. The lowest BCUT2D eigenvalue weighted by Gasteiger charge is -2.25. The minimum Gasteiger partial charge on any atom is -0.443 e. The fourth-order valence-corrected chi connectivity index (χ4v) is 1.46. The Morgan fingerprint density at radius 3 is 2.47 bits per heavy atom. The maximum absolute atomic E-state index is 12.0. The van der Waals surface area contributed by atoms with Gasteiger partial charge in [-0.1, -0.05) is 0 Å². The highest BCUT2D eigenvalue weighted by atomic mass is 79.9. The highest BCUT2D eigenvalue weighted by molar-refractivity contribution is 9.10. The van der Waals surface area contributed by atoms with Gasteiger partial charge in [0.15, 0.2) is 0 Å². The molecule has 0 saturated carbocycles. The lowest BCUT2D eigenvalue weighted by molar-refractivity contribution is -0.117. The largest absolute Gasteiger partial charge is 0.443 e. The average Bonchev–Trinajstić information content (AvgIpc) is 2.29. The Labute approximate surface area is 120 Å². The summed E-state index contributed by atoms with van der Waals surface area (Å²) in [5.74, 6) is -0.406. The van der Waals surface area contributed by atoms with Crippen molar-refractivity contribution in [2.45, 2.75) is 26.4 Å². The molecule has 2 amide bonds. The van der Waals surface area contributed by atoms with Crippen molar-refractivity contribution >= 4 is 33.7 Å². The number of carbonyl (C=O) groups is 2. The van der Waals surface area contributed by atoms with Gasteiger partial charge in [-0.25, -0.2) is 9.78 Å². The van der Waals surface area contributed by atoms with Crippen LogP contribution in [0.25, 0.3) is 0 Å². The van der Waals surface area contributed by atoms with Crippen LogP contribution in [0.1, 0.15) is 20.8 Å². The van der Waals surface area contributed by atoms with Crippen molar-refractivity contribution in [1.82, 2.24) is 4.98 Å². The third kappa shape index (κ3) is 4.60. The lowest BCUT2D eigenvalue weighted by atomic mass is 10.2. The van der Waals surface area contributed by atoms with Gasteiger partial charge in [0.25, 0.3) is 5.91 Å². The fourth-order valence-electron chi connectivity index (χ4n) is 1.22. The van der Waals surface area contributed by atoms with E-state index >= 15 is 0 Å². The van der Waals surface area contributed by atoms with Crippen LogP contribution in [-0.2, 0) is 9.53 Å². The summed E-state index contributed by atoms with van der Waals surface area (Å²) in [7, 11) is 0. The molecule has 0 radical (unpaired) electrons. The highest BCUT2D eigenvalue weighted by Gasteiger charge is 2.28. The number of aromatic nitrogens is 1. The molecule has 0 atom stereocenters. The summed E-state index contributed by atoms with van der Waals surface area (Å²) in [6.07, 6.45) is 0.689. The first kappa shape index (κ1) is 15.6. The van der Waals surface area contributed by atoms with E-state index in [0.29, 0.717) is 0 Å². The molecule has 1 aromatic heterocycles. The Morgan fingerprint density at radius 1 is 1.42 bits per heavy atom. The number of imide groups is 1. The highest BCUT2D eigenvalue weighted by Crippen LogP contribution is 2.18. The second-order valence-electron chi connectivity index (χ2n) is 4.75. The lowest BCUT2D eigenvalue weighted by Crippen LogP contribution is -2.44. The molecule has 1 heterocycles. The average molecular weight is 330 g/mol. The second-order valence-corrected chi connectivity index (χ2v) is 5.66. The van der Waals surface area contributed by atoms with Gasteiger partial charge in [-0.15, -0.1) is 0 Å². The van der Waals surface area contributed by atoms with Crippen molar-refractivity contribution in [3.8, 4) is 0 Å². The zero-order valence-electron chi connectivity index (χ0n) is 11.0. The van der Waals surface area contributed by atoms with Crippen LogP contribution >= 0.6 is 15.9 Å². The first-order valence-corrected chi connectivity index (χ1v) is 6.41. The number of anilines is 1. The van der Waals surface area contributed by atoms with Crippen molar-refractivity contribution < 1.29 is 14.3 Å². The SMILES string of the molecule is CC(C)(C)OC(=O)N(C(=O)CN)c1ccc(Br)cn1. The molecule has 19 heavy (non-hydrogen) atoms. The zero-order chi connectivity index (χ0) is 14.6. The summed E-state index contributed by atoms with van der Waals surface area (Å²) in [5, 5.41) is 0. The molecular weight excluding hydrogens is 314 g/mol. The van der Waals surface area contributed by atoms with Gasteiger partial charge >= 0.3 is 6.09 Å². The Kier molecular flexibility index (Phi) is 5.02. The third-order valence-corrected chi connectivity index (χ3v) is 2.41. The van der Waals surface area contributed by atoms with Crippen LogP contribution in [0.3, 0.4) is 0 Å². The number of ether oxygens (including phenoxy) is 1. The molecule has 0 aliphatic carbocycles. The molecule has 6 nitrogen and oxygen atoms in total. The standard InChI is InChI=1S/C12H16BrN3O3/c1-12(2,3)19-11(18)16(10(17)6-14)9-5-4-8(13)7-15-9/h4-5,7H,6,14H2,1-3H3. The van der Waals surface area contributed by atoms with Crippen molar-refractivity contribution in [2.75, 3.05) is 11.4 Å². The number of hydrogen-bond donors (Lipinski definition) is 1. The van der Waals surface area contributed by atoms with Crippen molar-refractivity contribution in [3.63, 3.8) is 0 Å². The monoisotopic (exact) mass is 329 g/mol. The predicted octanol–water partition coefficient (Wildman–Crippen LogP) is 2.07. The van der Waals surface area contributed by atoms with Gasteiger partial charge in [0.1, 0.15) is 11.4 Å². The molecule has 0 fully saturated rings. The first-order valence-electron chi connectivity index (χ1n) is 5.62. The summed E-state index contributed by atoms with van der Waals surface area (Å²) in [4.78, 5) is 28.6. The van der Waals surface area contributed by atoms with Gasteiger partial charge in [-0.05, 0) is 48.8 Å². The number of amides is 2. The van der Waals surface area contributed by atoms with Gasteiger partial charge in [0.2, 0.25) is 0 Å². The third-order valence-electron chi connectivity index (χ3n) is 1.94. The zero-order valence-corrected chi connectivity index (χ0v) is 12.6. The van der Waals surface area contributed by atoms with Crippen molar-refractivity contribution in [2.24, 2.45) is 5.73 Å². The maximum Gasteiger partial charge on any atom is 0.423 e. The molecule has 104 valence electrons. The van der Waals surface area contributed by atoms with E-state index in [-0.39, 0.29) is 12.4 Å². The first-order chi connectivity index (χ1) is 8.74. The quantitative estimate of drug-likeness (QED) is 0.897. The van der Waals surface area contributed by atoms with Crippen LogP contribution in [0.4, 0.5) is 10.6 Å². The van der Waals surface area contributed by atoms with Crippen LogP contribution < -0.4 is 10.6 Å². The topological polar surface area (TPSA) is 85.5 Å². The fraction of sp³-hybridized carbons (Fsp3) is 0.417. The molecule has 0 saturated heterocycles. The molecule has 0 aliphatic heterocycles. The maximum atomic E-state index is 12.0. The summed E-state index contributed by atoms with van der Waals surface area (Å²) < 4.78 is 5.90. The number of pyridine rings is 1. The van der Waals surface area contributed by atoms with E-state index in [4.69, 9.17) is 10.5 Å². The molecule has 0 aromatic carbocycles. The molecular formula is C12H16BrN3O3. The molecule has 0 aliphatic rings. The van der Waals surface area contributed by atoms with Gasteiger partial charge in [-0.3, -0.25) is 4.79 Å². The summed E-state index contributed by atoms with van der Waals surface area (Å²) in [6.45, 7) is 4.83. The van der Waals surface area contributed by atoms with Crippen LogP contribution in [0.5, 0.6) is 0 Å². The Balaban J connectivity index is 3.05. The number of hydrogen-bond acceptors (Lipinski definition) is 5. The normalized spacial score (nSPS) is 11.0. The summed E-state index contributed by atoms with van der Waals surface area (Å²) >= 11 is 3.23. The summed E-state index contributed by atoms with van der Waals surface area (Å²) in [5.41, 5.74) is 4.60. The van der Waals surface area contributed by atoms with Crippen LogP contribution in [0, 0.1) is 0 Å². The molecule has 1 rings (SSSR count). The van der Waals surface area contributed by atoms with E-state index < -0.39 is 17.6 Å². The number of nitrogens with two attached hydrogens (primary N) is 1. The number of halogens is 1. The van der Waals surface area contributed by atoms with Crippen LogP contribution in [0.15, 0.2) is 22.8 Å².